The van der Waals surface area contributed by atoms with E-state index in [0.29, 0.717) is 35.6 Å². The van der Waals surface area contributed by atoms with Gasteiger partial charge in [-0.25, -0.2) is 0 Å². The van der Waals surface area contributed by atoms with Crippen LogP contribution in [-0.4, -0.2) is 53.9 Å². The van der Waals surface area contributed by atoms with Gasteiger partial charge in [-0.2, -0.15) is 5.26 Å². The molecule has 0 N–H and O–H groups in total. The molecule has 2 aliphatic heterocycles. The Kier molecular flexibility index (Phi) is 4.84. The predicted molar refractivity (Wildman–Crippen MR) is 105 cm³/mol. The molecule has 5 nitrogen and oxygen atoms in total. The molecule has 0 saturated carbocycles. The lowest BCUT2D eigenvalue weighted by atomic mass is 9.83. The fraction of sp³-hybridized carbons (Fsp3) is 0.500. The Hall–Kier alpha value is -2.45. The number of hydrogen-bond donors (Lipinski definition) is 0. The van der Waals surface area contributed by atoms with Crippen LogP contribution in [0, 0.1) is 23.2 Å². The van der Waals surface area contributed by atoms with Crippen LogP contribution in [0.5, 0.6) is 0 Å². The average molecular weight is 362 g/mol. The first kappa shape index (κ1) is 17.9. The zero-order chi connectivity index (χ0) is 19.0. The summed E-state index contributed by atoms with van der Waals surface area (Å²) in [6, 6.07) is 10.2. The number of rotatable bonds is 3. The fourth-order valence-corrected chi connectivity index (χ4v) is 4.75. The number of fused-ring (bicyclic) bond motifs is 1. The van der Waals surface area contributed by atoms with E-state index in [0.717, 1.165) is 43.5 Å². The summed E-state index contributed by atoms with van der Waals surface area (Å²) in [5.74, 6) is 1.57. The van der Waals surface area contributed by atoms with Crippen molar-refractivity contribution in [2.45, 2.75) is 25.7 Å². The van der Waals surface area contributed by atoms with Gasteiger partial charge in [0.05, 0.1) is 11.1 Å². The van der Waals surface area contributed by atoms with Crippen molar-refractivity contribution in [2.24, 2.45) is 11.8 Å². The van der Waals surface area contributed by atoms with Gasteiger partial charge in [0.15, 0.2) is 0 Å². The highest BCUT2D eigenvalue weighted by atomic mass is 16.2. The van der Waals surface area contributed by atoms with Gasteiger partial charge in [-0.05, 0) is 43.0 Å². The summed E-state index contributed by atoms with van der Waals surface area (Å²) in [4.78, 5) is 21.6. The highest BCUT2D eigenvalue weighted by molar-refractivity contribution is 5.87. The minimum absolute atomic E-state index is 0.292. The molecule has 2 fully saturated rings. The van der Waals surface area contributed by atoms with Crippen molar-refractivity contribution in [2.75, 3.05) is 33.2 Å². The Morgan fingerprint density at radius 1 is 1.26 bits per heavy atom. The van der Waals surface area contributed by atoms with Gasteiger partial charge in [0.1, 0.15) is 6.07 Å². The predicted octanol–water partition coefficient (Wildman–Crippen LogP) is 3.01. The molecule has 5 heteroatoms. The number of piperidine rings is 1. The lowest BCUT2D eigenvalue weighted by Gasteiger charge is -2.40. The molecule has 2 atom stereocenters. The van der Waals surface area contributed by atoms with E-state index in [-0.39, 0.29) is 0 Å². The van der Waals surface area contributed by atoms with Crippen molar-refractivity contribution >= 4 is 16.8 Å². The highest BCUT2D eigenvalue weighted by Gasteiger charge is 2.33. The third-order valence-electron chi connectivity index (χ3n) is 5.98. The molecule has 0 radical (unpaired) electrons. The van der Waals surface area contributed by atoms with Gasteiger partial charge in [-0.1, -0.05) is 19.1 Å². The maximum atomic E-state index is 12.8. The van der Waals surface area contributed by atoms with Gasteiger partial charge in [0.2, 0.25) is 5.91 Å². The molecule has 0 spiro atoms. The molecule has 2 unspecified atom stereocenters. The van der Waals surface area contributed by atoms with E-state index in [4.69, 9.17) is 0 Å². The van der Waals surface area contributed by atoms with Crippen molar-refractivity contribution in [1.82, 2.24) is 14.8 Å². The van der Waals surface area contributed by atoms with E-state index in [9.17, 15) is 10.1 Å². The highest BCUT2D eigenvalue weighted by Crippen LogP contribution is 2.35. The van der Waals surface area contributed by atoms with Gasteiger partial charge >= 0.3 is 0 Å². The van der Waals surface area contributed by atoms with Gasteiger partial charge < -0.3 is 9.80 Å². The smallest absolute Gasteiger partial charge is 0.222 e. The summed E-state index contributed by atoms with van der Waals surface area (Å²) in [5.41, 5.74) is 2.59. The number of pyridine rings is 1. The lowest BCUT2D eigenvalue weighted by molar-refractivity contribution is -0.135. The number of carbonyl (C=O) groups excluding carboxylic acids is 1. The van der Waals surface area contributed by atoms with Crippen LogP contribution in [0.4, 0.5) is 0 Å². The Labute approximate surface area is 160 Å². The van der Waals surface area contributed by atoms with Crippen LogP contribution in [0.25, 0.3) is 10.9 Å². The van der Waals surface area contributed by atoms with Crippen LogP contribution in [0.2, 0.25) is 0 Å². The Bertz CT molecular complexity index is 897. The van der Waals surface area contributed by atoms with E-state index in [1.54, 1.807) is 6.20 Å². The molecule has 1 amide bonds. The third-order valence-corrected chi connectivity index (χ3v) is 5.98. The normalized spacial score (nSPS) is 23.8. The van der Waals surface area contributed by atoms with Crippen LogP contribution in [0.15, 0.2) is 30.5 Å². The topological polar surface area (TPSA) is 60.2 Å². The van der Waals surface area contributed by atoms with E-state index in [2.05, 4.69) is 40.9 Å². The van der Waals surface area contributed by atoms with E-state index in [1.807, 2.05) is 18.2 Å². The minimum atomic E-state index is 0.292. The van der Waals surface area contributed by atoms with Crippen molar-refractivity contribution < 1.29 is 4.79 Å². The number of hydrogen-bond acceptors (Lipinski definition) is 4. The molecule has 2 aliphatic rings. The first-order valence-corrected chi connectivity index (χ1v) is 9.79. The molecule has 27 heavy (non-hydrogen) atoms. The molecule has 4 rings (SSSR count). The summed E-state index contributed by atoms with van der Waals surface area (Å²) < 4.78 is 0. The van der Waals surface area contributed by atoms with E-state index in [1.165, 1.54) is 5.56 Å². The maximum Gasteiger partial charge on any atom is 0.222 e. The standard InChI is InChI=1S/C22H26N4O/c1-15-8-18(14-26(11-15)21(27)9-16-12-25(2)13-16)19-6-5-17(10-23)22-20(19)4-3-7-24-22/h3-7,15-16,18H,8-9,11-14H2,1-2H3. The number of carbonyl (C=O) groups is 1. The van der Waals surface area contributed by atoms with Crippen molar-refractivity contribution in [3.05, 3.63) is 41.6 Å². The average Bonchev–Trinajstić information content (AvgIpc) is 2.65. The number of likely N-dealkylation sites (tertiary alicyclic amines) is 2. The summed E-state index contributed by atoms with van der Waals surface area (Å²) in [6.07, 6.45) is 3.47. The first-order chi connectivity index (χ1) is 13.0. The zero-order valence-electron chi connectivity index (χ0n) is 16.1. The van der Waals surface area contributed by atoms with Crippen LogP contribution in [0.1, 0.15) is 36.8 Å². The molecule has 1 aromatic heterocycles. The summed E-state index contributed by atoms with van der Waals surface area (Å²) in [5, 5.41) is 10.4. The van der Waals surface area contributed by atoms with Gasteiger partial charge in [-0.15, -0.1) is 0 Å². The van der Waals surface area contributed by atoms with Crippen LogP contribution in [0.3, 0.4) is 0 Å². The molecule has 140 valence electrons. The van der Waals surface area contributed by atoms with Gasteiger partial charge in [0, 0.05) is 50.1 Å². The largest absolute Gasteiger partial charge is 0.342 e. The van der Waals surface area contributed by atoms with Crippen LogP contribution < -0.4 is 0 Å². The molecule has 2 aromatic rings. The quantitative estimate of drug-likeness (QED) is 0.842. The Morgan fingerprint density at radius 2 is 2.07 bits per heavy atom. The number of aromatic nitrogens is 1. The fourth-order valence-electron chi connectivity index (χ4n) is 4.75. The van der Waals surface area contributed by atoms with E-state index >= 15 is 0 Å². The molecule has 2 saturated heterocycles. The number of nitriles is 1. The monoisotopic (exact) mass is 362 g/mol. The first-order valence-electron chi connectivity index (χ1n) is 9.79. The Balaban J connectivity index is 1.58. The number of nitrogens with zero attached hydrogens (tertiary/aromatic N) is 4. The van der Waals surface area contributed by atoms with Crippen LogP contribution >= 0.6 is 0 Å². The molecule has 3 heterocycles. The molecule has 0 bridgehead atoms. The third kappa shape index (κ3) is 3.54. The van der Waals surface area contributed by atoms with Gasteiger partial charge in [-0.3, -0.25) is 9.78 Å². The second kappa shape index (κ2) is 7.28. The minimum Gasteiger partial charge on any atom is -0.342 e. The van der Waals surface area contributed by atoms with Gasteiger partial charge in [0.25, 0.3) is 0 Å². The van der Waals surface area contributed by atoms with Crippen molar-refractivity contribution in [3.63, 3.8) is 0 Å². The number of benzene rings is 1. The molecule has 1 aromatic carbocycles. The molecular formula is C22H26N4O. The van der Waals surface area contributed by atoms with Crippen LogP contribution in [-0.2, 0) is 4.79 Å². The van der Waals surface area contributed by atoms with Crippen molar-refractivity contribution in [3.8, 4) is 6.07 Å². The maximum absolute atomic E-state index is 12.8. The zero-order valence-corrected chi connectivity index (χ0v) is 16.1. The summed E-state index contributed by atoms with van der Waals surface area (Å²) in [6.45, 7) is 5.91. The Morgan fingerprint density at radius 3 is 2.81 bits per heavy atom. The lowest BCUT2D eigenvalue weighted by Crippen LogP contribution is -2.48. The SMILES string of the molecule is CC1CC(c2ccc(C#N)c3ncccc23)CN(C(=O)CC2CN(C)C2)C1. The summed E-state index contributed by atoms with van der Waals surface area (Å²) in [7, 11) is 2.10. The van der Waals surface area contributed by atoms with E-state index < -0.39 is 0 Å². The number of amides is 1. The second-order valence-corrected chi connectivity index (χ2v) is 8.34. The summed E-state index contributed by atoms with van der Waals surface area (Å²) >= 11 is 0. The second-order valence-electron chi connectivity index (χ2n) is 8.34. The molecule has 0 aliphatic carbocycles. The van der Waals surface area contributed by atoms with Crippen molar-refractivity contribution in [1.29, 1.82) is 5.26 Å². The molecular weight excluding hydrogens is 336 g/mol.